The van der Waals surface area contributed by atoms with Gasteiger partial charge >= 0.3 is 0 Å². The van der Waals surface area contributed by atoms with Gasteiger partial charge in [0.25, 0.3) is 0 Å². The topological polar surface area (TPSA) is 15.7 Å². The van der Waals surface area contributed by atoms with Gasteiger partial charge < -0.3 is 14.5 Å². The Morgan fingerprint density at radius 3 is 2.16 bits per heavy atom. The molecule has 0 spiro atoms. The molecule has 3 rings (SSSR count). The van der Waals surface area contributed by atoms with E-state index in [9.17, 15) is 0 Å². The average molecular weight is 496 g/mol. The van der Waals surface area contributed by atoms with Crippen LogP contribution in [0.2, 0.25) is 10.0 Å². The van der Waals surface area contributed by atoms with E-state index in [0.717, 1.165) is 24.3 Å². The zero-order valence-corrected chi connectivity index (χ0v) is 21.0. The molecule has 1 aliphatic rings. The molecule has 0 aromatic heterocycles. The van der Waals surface area contributed by atoms with Crippen molar-refractivity contribution in [1.82, 2.24) is 9.80 Å². The highest BCUT2D eigenvalue weighted by atomic mass is 35.5. The fraction of sp³-hybridized carbons (Fsp3) is 0.462. The molecule has 2 aromatic carbocycles. The van der Waals surface area contributed by atoms with E-state index in [0.29, 0.717) is 16.7 Å². The van der Waals surface area contributed by atoms with Crippen molar-refractivity contribution < 1.29 is 4.74 Å². The van der Waals surface area contributed by atoms with Gasteiger partial charge in [0.05, 0.1) is 13.3 Å². The lowest BCUT2D eigenvalue weighted by molar-refractivity contribution is 0.00676. The maximum absolute atomic E-state index is 6.97. The monoisotopic (exact) mass is 494 g/mol. The second kappa shape index (κ2) is 13.3. The first kappa shape index (κ1) is 25.2. The van der Waals surface area contributed by atoms with Crippen LogP contribution in [-0.2, 0) is 11.3 Å². The summed E-state index contributed by atoms with van der Waals surface area (Å²) in [6.07, 6.45) is 11.7. The summed E-state index contributed by atoms with van der Waals surface area (Å²) in [7, 11) is 0. The first-order chi connectivity index (χ1) is 15.6. The Morgan fingerprint density at radius 2 is 1.47 bits per heavy atom. The summed E-state index contributed by atoms with van der Waals surface area (Å²) in [4.78, 5) is 4.47. The Morgan fingerprint density at radius 1 is 0.844 bits per heavy atom. The molecule has 2 atom stereocenters. The van der Waals surface area contributed by atoms with Crippen molar-refractivity contribution in [3.8, 4) is 0 Å². The van der Waals surface area contributed by atoms with Crippen molar-refractivity contribution in [2.45, 2.75) is 63.7 Å². The zero-order chi connectivity index (χ0) is 22.8. The minimum atomic E-state index is -0.339. The second-order valence-electron chi connectivity index (χ2n) is 8.32. The van der Waals surface area contributed by atoms with Crippen LogP contribution in [0.25, 0.3) is 0 Å². The van der Waals surface area contributed by atoms with Crippen LogP contribution < -0.4 is 0 Å². The van der Waals surface area contributed by atoms with Gasteiger partial charge in [0, 0.05) is 29.0 Å². The Hall–Kier alpha value is -1.39. The van der Waals surface area contributed by atoms with Crippen LogP contribution in [0.3, 0.4) is 0 Å². The summed E-state index contributed by atoms with van der Waals surface area (Å²) in [5.41, 5.74) is 1.72. The van der Waals surface area contributed by atoms with Gasteiger partial charge in [0.15, 0.2) is 0 Å². The highest BCUT2D eigenvalue weighted by Gasteiger charge is 2.29. The molecule has 3 nitrogen and oxygen atoms in total. The van der Waals surface area contributed by atoms with Crippen molar-refractivity contribution in [2.24, 2.45) is 0 Å². The Kier molecular flexibility index (Phi) is 10.5. The molecular formula is C26H33Cl3N2O. The van der Waals surface area contributed by atoms with Crippen molar-refractivity contribution >= 4 is 34.8 Å². The Labute approximate surface area is 207 Å². The maximum atomic E-state index is 6.97. The van der Waals surface area contributed by atoms with Gasteiger partial charge in [-0.15, -0.1) is 0 Å². The molecule has 0 saturated carbocycles. The number of rotatable bonds is 13. The number of halogens is 3. The molecule has 0 bridgehead atoms. The first-order valence-electron chi connectivity index (χ1n) is 11.5. The fourth-order valence-corrected chi connectivity index (χ4v) is 4.41. The number of nitrogens with zero attached hydrogens (tertiary/aromatic N) is 2. The van der Waals surface area contributed by atoms with Gasteiger partial charge in [-0.25, -0.2) is 0 Å². The fourth-order valence-electron chi connectivity index (χ4n) is 3.81. The maximum Gasteiger partial charge on any atom is 0.135 e. The smallest absolute Gasteiger partial charge is 0.135 e. The molecule has 0 fully saturated rings. The number of alkyl halides is 1. The van der Waals surface area contributed by atoms with E-state index in [4.69, 9.17) is 39.5 Å². The SMILES string of the molecule is CCCCCCCCN1C=CN(C(Cl)C(OCc2ccc(Cl)cc2)c2ccc(Cl)cc2)C1. The van der Waals surface area contributed by atoms with Crippen LogP contribution in [0.5, 0.6) is 0 Å². The molecule has 2 unspecified atom stereocenters. The lowest BCUT2D eigenvalue weighted by atomic mass is 10.1. The summed E-state index contributed by atoms with van der Waals surface area (Å²) in [6, 6.07) is 15.4. The van der Waals surface area contributed by atoms with E-state index in [1.165, 1.54) is 38.5 Å². The second-order valence-corrected chi connectivity index (χ2v) is 9.64. The Bertz CT molecular complexity index is 826. The number of hydrogen-bond donors (Lipinski definition) is 0. The van der Waals surface area contributed by atoms with Crippen molar-refractivity contribution in [2.75, 3.05) is 13.2 Å². The van der Waals surface area contributed by atoms with Crippen LogP contribution in [-0.4, -0.2) is 28.5 Å². The van der Waals surface area contributed by atoms with E-state index >= 15 is 0 Å². The molecule has 0 N–H and O–H groups in total. The summed E-state index contributed by atoms with van der Waals surface area (Å²) in [5.74, 6) is 0. The highest BCUT2D eigenvalue weighted by molar-refractivity contribution is 6.30. The van der Waals surface area contributed by atoms with Crippen molar-refractivity contribution in [3.63, 3.8) is 0 Å². The molecular weight excluding hydrogens is 463 g/mol. The highest BCUT2D eigenvalue weighted by Crippen LogP contribution is 2.32. The van der Waals surface area contributed by atoms with Gasteiger partial charge in [0.2, 0.25) is 0 Å². The quantitative estimate of drug-likeness (QED) is 0.158. The average Bonchev–Trinajstić information content (AvgIpc) is 3.27. The van der Waals surface area contributed by atoms with Gasteiger partial charge in [-0.05, 0) is 41.8 Å². The lowest BCUT2D eigenvalue weighted by Crippen LogP contribution is -2.35. The van der Waals surface area contributed by atoms with Gasteiger partial charge in [-0.1, -0.05) is 98.1 Å². The third kappa shape index (κ3) is 7.88. The largest absolute Gasteiger partial charge is 0.365 e. The van der Waals surface area contributed by atoms with Crippen LogP contribution in [0.1, 0.15) is 62.7 Å². The van der Waals surface area contributed by atoms with Crippen LogP contribution >= 0.6 is 34.8 Å². The number of hydrogen-bond acceptors (Lipinski definition) is 3. The molecule has 0 aliphatic carbocycles. The normalized spacial score (nSPS) is 15.4. The number of ether oxygens (including phenoxy) is 1. The van der Waals surface area contributed by atoms with E-state index < -0.39 is 0 Å². The number of unbranched alkanes of at least 4 members (excludes halogenated alkanes) is 5. The van der Waals surface area contributed by atoms with Crippen molar-refractivity contribution in [1.29, 1.82) is 0 Å². The molecule has 6 heteroatoms. The summed E-state index contributed by atoms with van der Waals surface area (Å²) in [5, 5.41) is 1.41. The van der Waals surface area contributed by atoms with E-state index in [1.54, 1.807) is 0 Å². The van der Waals surface area contributed by atoms with Gasteiger partial charge in [0.1, 0.15) is 11.6 Å². The summed E-state index contributed by atoms with van der Waals surface area (Å²) >= 11 is 19.1. The predicted octanol–water partition coefficient (Wildman–Crippen LogP) is 8.22. The summed E-state index contributed by atoms with van der Waals surface area (Å²) < 4.78 is 6.33. The minimum absolute atomic E-state index is 0.303. The number of benzene rings is 2. The Balaban J connectivity index is 1.57. The predicted molar refractivity (Wildman–Crippen MR) is 136 cm³/mol. The van der Waals surface area contributed by atoms with Gasteiger partial charge in [-0.2, -0.15) is 0 Å². The zero-order valence-electron chi connectivity index (χ0n) is 18.7. The third-order valence-electron chi connectivity index (χ3n) is 5.72. The molecule has 0 amide bonds. The minimum Gasteiger partial charge on any atom is -0.365 e. The molecule has 174 valence electrons. The standard InChI is InChI=1S/C26H33Cl3N2O/c1-2-3-4-5-6-7-16-30-17-18-31(20-30)26(29)25(22-10-14-24(28)15-11-22)32-19-21-8-12-23(27)13-9-21/h8-15,17-18,25-26H,2-7,16,19-20H2,1H3. The van der Waals surface area contributed by atoms with Crippen LogP contribution in [0.15, 0.2) is 60.9 Å². The molecule has 0 radical (unpaired) electrons. The molecule has 1 aliphatic heterocycles. The lowest BCUT2D eigenvalue weighted by Gasteiger charge is -2.31. The van der Waals surface area contributed by atoms with Gasteiger partial charge in [-0.3, -0.25) is 0 Å². The third-order valence-corrected chi connectivity index (χ3v) is 6.70. The van der Waals surface area contributed by atoms with Crippen molar-refractivity contribution in [3.05, 3.63) is 82.1 Å². The molecule has 32 heavy (non-hydrogen) atoms. The van der Waals surface area contributed by atoms with Crippen LogP contribution in [0, 0.1) is 0 Å². The molecule has 2 aromatic rings. The summed E-state index contributed by atoms with van der Waals surface area (Å²) in [6.45, 7) is 4.53. The molecule has 0 saturated heterocycles. The molecule has 1 heterocycles. The van der Waals surface area contributed by atoms with Crippen LogP contribution in [0.4, 0.5) is 0 Å². The first-order valence-corrected chi connectivity index (χ1v) is 12.7. The van der Waals surface area contributed by atoms with E-state index in [2.05, 4.69) is 29.1 Å². The van der Waals surface area contributed by atoms with E-state index in [-0.39, 0.29) is 11.6 Å². The van der Waals surface area contributed by atoms with E-state index in [1.807, 2.05) is 48.5 Å².